The number of methoxy groups -OCH3 is 1. The molecule has 1 aromatic rings. The number of carbonyl (C=O) groups excluding carboxylic acids is 1. The Labute approximate surface area is 147 Å². The lowest BCUT2D eigenvalue weighted by molar-refractivity contribution is -0.155. The highest BCUT2D eigenvalue weighted by atomic mass is 16.5. The molecule has 136 valence electrons. The molecule has 1 saturated carbocycles. The number of nitrogens with zero attached hydrogens (tertiary/aromatic N) is 1. The standard InChI is InChI=1S/C19H25NO5/c1-12(25-11-13-5-3-7-15(9-13)24-2)18(21)20-10-14-6-4-8-16(14)17(20)19(22)23/h3,5,7,9,12,14,16-17H,4,6,8,10-11H2,1-2H3,(H,22,23). The fraction of sp³-hybridized carbons (Fsp3) is 0.579. The van der Waals surface area contributed by atoms with E-state index in [0.29, 0.717) is 12.5 Å². The molecule has 0 spiro atoms. The topological polar surface area (TPSA) is 76.1 Å². The third kappa shape index (κ3) is 3.63. The first-order valence-electron chi connectivity index (χ1n) is 8.79. The Balaban J connectivity index is 1.62. The lowest BCUT2D eigenvalue weighted by Crippen LogP contribution is -2.47. The second kappa shape index (κ2) is 7.44. The minimum Gasteiger partial charge on any atom is -0.497 e. The van der Waals surface area contributed by atoms with Gasteiger partial charge in [0.05, 0.1) is 13.7 Å². The van der Waals surface area contributed by atoms with Crippen LogP contribution in [0, 0.1) is 11.8 Å². The molecule has 1 aliphatic heterocycles. The molecule has 1 aliphatic carbocycles. The zero-order valence-corrected chi connectivity index (χ0v) is 14.7. The highest BCUT2D eigenvalue weighted by Gasteiger charge is 2.50. The van der Waals surface area contributed by atoms with Crippen molar-refractivity contribution in [3.63, 3.8) is 0 Å². The van der Waals surface area contributed by atoms with Gasteiger partial charge in [0.25, 0.3) is 5.91 Å². The fourth-order valence-corrected chi connectivity index (χ4v) is 4.14. The van der Waals surface area contributed by atoms with E-state index in [4.69, 9.17) is 9.47 Å². The minimum atomic E-state index is -0.900. The number of carboxylic acids is 1. The third-order valence-corrected chi connectivity index (χ3v) is 5.41. The molecule has 4 unspecified atom stereocenters. The summed E-state index contributed by atoms with van der Waals surface area (Å²) in [6, 6.07) is 6.77. The molecular weight excluding hydrogens is 322 g/mol. The Morgan fingerprint density at radius 3 is 2.88 bits per heavy atom. The van der Waals surface area contributed by atoms with Crippen LogP contribution in [0.3, 0.4) is 0 Å². The number of likely N-dealkylation sites (tertiary alicyclic amines) is 1. The molecule has 2 fully saturated rings. The zero-order valence-electron chi connectivity index (χ0n) is 14.7. The Bertz CT molecular complexity index is 646. The maximum Gasteiger partial charge on any atom is 0.326 e. The Morgan fingerprint density at radius 1 is 1.36 bits per heavy atom. The van der Waals surface area contributed by atoms with E-state index in [1.54, 1.807) is 14.0 Å². The van der Waals surface area contributed by atoms with Gasteiger partial charge in [0.1, 0.15) is 17.9 Å². The molecule has 0 aromatic heterocycles. The van der Waals surface area contributed by atoms with Gasteiger partial charge in [-0.1, -0.05) is 18.6 Å². The lowest BCUT2D eigenvalue weighted by Gasteiger charge is -2.27. The summed E-state index contributed by atoms with van der Waals surface area (Å²) in [6.07, 6.45) is 2.29. The van der Waals surface area contributed by atoms with Crippen molar-refractivity contribution >= 4 is 11.9 Å². The molecule has 1 heterocycles. The van der Waals surface area contributed by atoms with Gasteiger partial charge in [-0.3, -0.25) is 4.79 Å². The first kappa shape index (κ1) is 17.7. The molecule has 0 bridgehead atoms. The normalized spacial score (nSPS) is 26.3. The summed E-state index contributed by atoms with van der Waals surface area (Å²) in [6.45, 7) is 2.51. The molecule has 6 heteroatoms. The molecule has 25 heavy (non-hydrogen) atoms. The SMILES string of the molecule is COc1cccc(COC(C)C(=O)N2CC3CCCC3C2C(=O)O)c1. The van der Waals surface area contributed by atoms with Crippen LogP contribution in [-0.4, -0.2) is 47.7 Å². The van der Waals surface area contributed by atoms with E-state index in [2.05, 4.69) is 0 Å². The summed E-state index contributed by atoms with van der Waals surface area (Å²) in [5, 5.41) is 9.58. The van der Waals surface area contributed by atoms with Crippen molar-refractivity contribution in [2.24, 2.45) is 11.8 Å². The average Bonchev–Trinajstić information content (AvgIpc) is 3.19. The molecule has 0 radical (unpaired) electrons. The summed E-state index contributed by atoms with van der Waals surface area (Å²) in [7, 11) is 1.60. The number of ether oxygens (including phenoxy) is 2. The van der Waals surface area contributed by atoms with Crippen molar-refractivity contribution in [2.45, 2.75) is 44.9 Å². The minimum absolute atomic E-state index is 0.0898. The third-order valence-electron chi connectivity index (χ3n) is 5.41. The molecule has 1 saturated heterocycles. The summed E-state index contributed by atoms with van der Waals surface area (Å²) < 4.78 is 10.9. The van der Waals surface area contributed by atoms with Crippen molar-refractivity contribution in [1.29, 1.82) is 0 Å². The van der Waals surface area contributed by atoms with E-state index in [0.717, 1.165) is 30.6 Å². The van der Waals surface area contributed by atoms with Crippen LogP contribution in [0.15, 0.2) is 24.3 Å². The number of carbonyl (C=O) groups is 2. The number of rotatable bonds is 6. The van der Waals surface area contributed by atoms with Crippen LogP contribution in [0.2, 0.25) is 0 Å². The van der Waals surface area contributed by atoms with Gasteiger partial charge in [0, 0.05) is 6.54 Å². The van der Waals surface area contributed by atoms with Gasteiger partial charge in [-0.15, -0.1) is 0 Å². The van der Waals surface area contributed by atoms with Crippen LogP contribution in [-0.2, 0) is 20.9 Å². The van der Waals surface area contributed by atoms with Crippen molar-refractivity contribution in [2.75, 3.05) is 13.7 Å². The van der Waals surface area contributed by atoms with E-state index >= 15 is 0 Å². The molecule has 6 nitrogen and oxygen atoms in total. The molecule has 4 atom stereocenters. The second-order valence-electron chi connectivity index (χ2n) is 6.93. The van der Waals surface area contributed by atoms with Crippen LogP contribution in [0.5, 0.6) is 5.75 Å². The van der Waals surface area contributed by atoms with Gasteiger partial charge in [-0.05, 0) is 49.3 Å². The van der Waals surface area contributed by atoms with E-state index in [-0.39, 0.29) is 18.4 Å². The Morgan fingerprint density at radius 2 is 2.16 bits per heavy atom. The fourth-order valence-electron chi connectivity index (χ4n) is 4.14. The molecule has 3 rings (SSSR count). The summed E-state index contributed by atoms with van der Waals surface area (Å²) in [5.74, 6) is 0.00787. The van der Waals surface area contributed by atoms with Crippen LogP contribution in [0.1, 0.15) is 31.7 Å². The van der Waals surface area contributed by atoms with E-state index in [1.807, 2.05) is 24.3 Å². The van der Waals surface area contributed by atoms with E-state index < -0.39 is 18.1 Å². The summed E-state index contributed by atoms with van der Waals surface area (Å²) in [4.78, 5) is 26.0. The average molecular weight is 347 g/mol. The summed E-state index contributed by atoms with van der Waals surface area (Å²) >= 11 is 0. The number of amides is 1. The lowest BCUT2D eigenvalue weighted by atomic mass is 9.94. The van der Waals surface area contributed by atoms with Gasteiger partial charge in [0.15, 0.2) is 0 Å². The van der Waals surface area contributed by atoms with Crippen LogP contribution in [0.25, 0.3) is 0 Å². The van der Waals surface area contributed by atoms with E-state index in [9.17, 15) is 14.7 Å². The van der Waals surface area contributed by atoms with Gasteiger partial charge >= 0.3 is 5.97 Å². The van der Waals surface area contributed by atoms with Crippen molar-refractivity contribution in [1.82, 2.24) is 4.90 Å². The van der Waals surface area contributed by atoms with Crippen LogP contribution < -0.4 is 4.74 Å². The Kier molecular flexibility index (Phi) is 5.27. The highest BCUT2D eigenvalue weighted by molar-refractivity contribution is 5.87. The number of aliphatic carboxylic acids is 1. The van der Waals surface area contributed by atoms with Gasteiger partial charge < -0.3 is 19.5 Å². The monoisotopic (exact) mass is 347 g/mol. The highest BCUT2D eigenvalue weighted by Crippen LogP contribution is 2.42. The molecule has 2 aliphatic rings. The van der Waals surface area contributed by atoms with E-state index in [1.165, 1.54) is 4.90 Å². The van der Waals surface area contributed by atoms with Crippen molar-refractivity contribution in [3.8, 4) is 5.75 Å². The number of carboxylic acid groups (broad SMARTS) is 1. The number of hydrogen-bond acceptors (Lipinski definition) is 4. The number of fused-ring (bicyclic) bond motifs is 1. The predicted octanol–water partition coefficient (Wildman–Crippen LogP) is 2.31. The van der Waals surface area contributed by atoms with Gasteiger partial charge in [-0.2, -0.15) is 0 Å². The molecule has 1 aromatic carbocycles. The second-order valence-corrected chi connectivity index (χ2v) is 6.93. The van der Waals surface area contributed by atoms with Crippen molar-refractivity contribution < 1.29 is 24.2 Å². The molecule has 1 amide bonds. The number of hydrogen-bond donors (Lipinski definition) is 1. The van der Waals surface area contributed by atoms with Crippen LogP contribution >= 0.6 is 0 Å². The summed E-state index contributed by atoms with van der Waals surface area (Å²) in [5.41, 5.74) is 0.909. The maximum atomic E-state index is 12.7. The van der Waals surface area contributed by atoms with Crippen LogP contribution in [0.4, 0.5) is 0 Å². The first-order valence-corrected chi connectivity index (χ1v) is 8.79. The maximum absolute atomic E-state index is 12.7. The largest absolute Gasteiger partial charge is 0.497 e. The smallest absolute Gasteiger partial charge is 0.326 e. The zero-order chi connectivity index (χ0) is 18.0. The molecule has 1 N–H and O–H groups in total. The van der Waals surface area contributed by atoms with Crippen molar-refractivity contribution in [3.05, 3.63) is 29.8 Å². The Hall–Kier alpha value is -2.08. The molecular formula is C19H25NO5. The number of benzene rings is 1. The van der Waals surface area contributed by atoms with Gasteiger partial charge in [-0.25, -0.2) is 4.79 Å². The quantitative estimate of drug-likeness (QED) is 0.855. The first-order chi connectivity index (χ1) is 12.0. The van der Waals surface area contributed by atoms with Gasteiger partial charge in [0.2, 0.25) is 0 Å². The predicted molar refractivity (Wildman–Crippen MR) is 91.2 cm³/mol.